The van der Waals surface area contributed by atoms with Gasteiger partial charge in [0, 0.05) is 34.5 Å². The van der Waals surface area contributed by atoms with Gasteiger partial charge in [0.1, 0.15) is 11.5 Å². The van der Waals surface area contributed by atoms with Crippen LogP contribution < -0.4 is 4.74 Å². The van der Waals surface area contributed by atoms with E-state index in [4.69, 9.17) is 14.2 Å². The Balaban J connectivity index is 1.79. The van der Waals surface area contributed by atoms with Crippen LogP contribution in [-0.4, -0.2) is 34.9 Å². The lowest BCUT2D eigenvalue weighted by molar-refractivity contribution is 0.0366. The summed E-state index contributed by atoms with van der Waals surface area (Å²) in [6, 6.07) is 12.7. The van der Waals surface area contributed by atoms with Gasteiger partial charge in [0.05, 0.1) is 24.4 Å². The number of Topliss-reactive ketones (excluding diaryl/α,β-unsaturated/α-hetero) is 1. The van der Waals surface area contributed by atoms with Gasteiger partial charge in [-0.1, -0.05) is 0 Å². The highest BCUT2D eigenvalue weighted by molar-refractivity contribution is 6.11. The topological polar surface area (TPSA) is 90.5 Å². The van der Waals surface area contributed by atoms with E-state index in [2.05, 4.69) is 9.97 Å². The first-order valence-electron chi connectivity index (χ1n) is 10.3. The summed E-state index contributed by atoms with van der Waals surface area (Å²) in [4.78, 5) is 31.8. The van der Waals surface area contributed by atoms with Crippen LogP contribution in [0.1, 0.15) is 47.2 Å². The number of hydrogen-bond donors (Lipinski definition) is 1. The number of rotatable bonds is 7. The van der Waals surface area contributed by atoms with Gasteiger partial charge in [-0.05, 0) is 63.2 Å². The molecule has 4 rings (SSSR count). The molecule has 4 aromatic rings. The standard InChI is InChI=1S/C25H24N2O5/c1-14(2)31-25(29)24-20(13-30-4)23-19-11-18(9-10-21(19)27-22(23)12-26-24)32-17-7-5-16(6-8-17)15(3)28/h5-12,14,27H,13H2,1-4H3. The zero-order chi connectivity index (χ0) is 22.8. The first-order valence-corrected chi connectivity index (χ1v) is 10.3. The fraction of sp³-hybridized carbons (Fsp3) is 0.240. The molecule has 7 heteroatoms. The molecule has 0 aliphatic carbocycles. The van der Waals surface area contributed by atoms with Crippen molar-refractivity contribution in [2.75, 3.05) is 7.11 Å². The zero-order valence-electron chi connectivity index (χ0n) is 18.4. The van der Waals surface area contributed by atoms with Crippen LogP contribution in [0.3, 0.4) is 0 Å². The van der Waals surface area contributed by atoms with Crippen LogP contribution in [0, 0.1) is 0 Å². The van der Waals surface area contributed by atoms with Crippen LogP contribution in [-0.2, 0) is 16.1 Å². The number of nitrogens with one attached hydrogen (secondary N) is 1. The average molecular weight is 432 g/mol. The number of H-pyrrole nitrogens is 1. The van der Waals surface area contributed by atoms with Crippen molar-refractivity contribution in [3.05, 3.63) is 65.5 Å². The molecule has 0 saturated carbocycles. The summed E-state index contributed by atoms with van der Waals surface area (Å²) < 4.78 is 16.8. The Hall–Kier alpha value is -3.71. The van der Waals surface area contributed by atoms with E-state index < -0.39 is 5.97 Å². The van der Waals surface area contributed by atoms with Crippen molar-refractivity contribution < 1.29 is 23.8 Å². The van der Waals surface area contributed by atoms with Gasteiger partial charge in [0.15, 0.2) is 11.5 Å². The van der Waals surface area contributed by atoms with Crippen molar-refractivity contribution in [2.45, 2.75) is 33.5 Å². The van der Waals surface area contributed by atoms with Crippen LogP contribution >= 0.6 is 0 Å². The summed E-state index contributed by atoms with van der Waals surface area (Å²) in [6.07, 6.45) is 1.37. The second kappa shape index (κ2) is 8.80. The summed E-state index contributed by atoms with van der Waals surface area (Å²) in [7, 11) is 1.57. The largest absolute Gasteiger partial charge is 0.458 e. The molecule has 0 radical (unpaired) electrons. The minimum atomic E-state index is -0.485. The molecule has 0 atom stereocenters. The number of esters is 1. The summed E-state index contributed by atoms with van der Waals surface area (Å²) in [6.45, 7) is 5.32. The SMILES string of the molecule is COCc1c(C(=O)OC(C)C)ncc2[nH]c3ccc(Oc4ccc(C(C)=O)cc4)cc3c12. The van der Waals surface area contributed by atoms with Crippen LogP contribution in [0.15, 0.2) is 48.7 Å². The maximum atomic E-state index is 12.6. The van der Waals surface area contributed by atoms with Gasteiger partial charge in [-0.2, -0.15) is 0 Å². The highest BCUT2D eigenvalue weighted by Crippen LogP contribution is 2.34. The van der Waals surface area contributed by atoms with E-state index in [1.54, 1.807) is 51.4 Å². The fourth-order valence-corrected chi connectivity index (χ4v) is 3.63. The van der Waals surface area contributed by atoms with Gasteiger partial charge >= 0.3 is 5.97 Å². The minimum Gasteiger partial charge on any atom is -0.458 e. The van der Waals surface area contributed by atoms with Crippen molar-refractivity contribution in [2.24, 2.45) is 0 Å². The molecule has 0 aliphatic rings. The first-order chi connectivity index (χ1) is 15.4. The van der Waals surface area contributed by atoms with E-state index in [1.165, 1.54) is 6.92 Å². The number of ketones is 1. The number of carbonyl (C=O) groups is 2. The molecule has 2 aromatic carbocycles. The Morgan fingerprint density at radius 2 is 1.75 bits per heavy atom. The molecule has 7 nitrogen and oxygen atoms in total. The van der Waals surface area contributed by atoms with E-state index in [0.717, 1.165) is 21.8 Å². The third kappa shape index (κ3) is 4.20. The maximum absolute atomic E-state index is 12.6. The van der Waals surface area contributed by atoms with Gasteiger partial charge in [0.25, 0.3) is 0 Å². The highest BCUT2D eigenvalue weighted by atomic mass is 16.5. The normalized spacial score (nSPS) is 11.3. The second-order valence-corrected chi connectivity index (χ2v) is 7.78. The molecule has 2 heterocycles. The van der Waals surface area contributed by atoms with E-state index in [-0.39, 0.29) is 24.2 Å². The number of fused-ring (bicyclic) bond motifs is 3. The Labute approximate surface area is 185 Å². The third-order valence-corrected chi connectivity index (χ3v) is 5.03. The van der Waals surface area contributed by atoms with E-state index in [1.807, 2.05) is 18.2 Å². The average Bonchev–Trinajstić information content (AvgIpc) is 3.12. The lowest BCUT2D eigenvalue weighted by Gasteiger charge is -2.12. The molecule has 0 bridgehead atoms. The smallest absolute Gasteiger partial charge is 0.357 e. The second-order valence-electron chi connectivity index (χ2n) is 7.78. The van der Waals surface area contributed by atoms with Crippen molar-refractivity contribution >= 4 is 33.6 Å². The summed E-state index contributed by atoms with van der Waals surface area (Å²) in [5.41, 5.74) is 3.19. The number of methoxy groups -OCH3 is 1. The number of carbonyl (C=O) groups excluding carboxylic acids is 2. The number of aromatic nitrogens is 2. The minimum absolute atomic E-state index is 0.00263. The zero-order valence-corrected chi connectivity index (χ0v) is 18.4. The molecule has 0 fully saturated rings. The molecule has 32 heavy (non-hydrogen) atoms. The van der Waals surface area contributed by atoms with Crippen LogP contribution in [0.2, 0.25) is 0 Å². The lowest BCUT2D eigenvalue weighted by atomic mass is 10.1. The number of aromatic amines is 1. The molecule has 0 unspecified atom stereocenters. The van der Waals surface area contributed by atoms with E-state index in [0.29, 0.717) is 22.6 Å². The molecule has 0 aliphatic heterocycles. The summed E-state index contributed by atoms with van der Waals surface area (Å²) >= 11 is 0. The van der Waals surface area contributed by atoms with Crippen LogP contribution in [0.4, 0.5) is 0 Å². The van der Waals surface area contributed by atoms with Gasteiger partial charge in [0.2, 0.25) is 0 Å². The van der Waals surface area contributed by atoms with Crippen LogP contribution in [0.25, 0.3) is 21.8 Å². The Morgan fingerprint density at radius 3 is 2.41 bits per heavy atom. The van der Waals surface area contributed by atoms with Gasteiger partial charge in [-0.25, -0.2) is 9.78 Å². The molecular weight excluding hydrogens is 408 g/mol. The Morgan fingerprint density at radius 1 is 1.03 bits per heavy atom. The van der Waals surface area contributed by atoms with Crippen molar-refractivity contribution in [1.82, 2.24) is 9.97 Å². The predicted molar refractivity (Wildman–Crippen MR) is 121 cm³/mol. The maximum Gasteiger partial charge on any atom is 0.357 e. The number of hydrogen-bond acceptors (Lipinski definition) is 6. The number of benzene rings is 2. The number of ether oxygens (including phenoxy) is 3. The molecule has 1 N–H and O–H groups in total. The fourth-order valence-electron chi connectivity index (χ4n) is 3.63. The van der Waals surface area contributed by atoms with Crippen molar-refractivity contribution in [3.8, 4) is 11.5 Å². The monoisotopic (exact) mass is 432 g/mol. The van der Waals surface area contributed by atoms with Gasteiger partial charge in [-0.3, -0.25) is 4.79 Å². The molecule has 164 valence electrons. The first kappa shape index (κ1) is 21.5. The Bertz CT molecular complexity index is 1310. The molecule has 0 spiro atoms. The van der Waals surface area contributed by atoms with Gasteiger partial charge < -0.3 is 19.2 Å². The van der Waals surface area contributed by atoms with E-state index in [9.17, 15) is 9.59 Å². The quantitative estimate of drug-likeness (QED) is 0.310. The Kier molecular flexibility index (Phi) is 5.92. The summed E-state index contributed by atoms with van der Waals surface area (Å²) in [5.74, 6) is 0.763. The third-order valence-electron chi connectivity index (χ3n) is 5.03. The van der Waals surface area contributed by atoms with Crippen molar-refractivity contribution in [3.63, 3.8) is 0 Å². The summed E-state index contributed by atoms with van der Waals surface area (Å²) in [5, 5.41) is 1.72. The predicted octanol–water partition coefficient (Wildman–Crippen LogP) is 5.42. The molecule has 0 saturated heterocycles. The van der Waals surface area contributed by atoms with Gasteiger partial charge in [-0.15, -0.1) is 0 Å². The molecule has 2 aromatic heterocycles. The number of nitrogens with zero attached hydrogens (tertiary/aromatic N) is 1. The molecular formula is C25H24N2O5. The highest BCUT2D eigenvalue weighted by Gasteiger charge is 2.21. The molecule has 0 amide bonds. The lowest BCUT2D eigenvalue weighted by Crippen LogP contribution is -2.15. The number of pyridine rings is 1. The van der Waals surface area contributed by atoms with E-state index >= 15 is 0 Å². The van der Waals surface area contributed by atoms with Crippen LogP contribution in [0.5, 0.6) is 11.5 Å². The van der Waals surface area contributed by atoms with Crippen molar-refractivity contribution in [1.29, 1.82) is 0 Å².